The van der Waals surface area contributed by atoms with Crippen molar-refractivity contribution in [2.45, 2.75) is 45.4 Å². The van der Waals surface area contributed by atoms with E-state index in [1.807, 2.05) is 4.68 Å². The molecule has 1 fully saturated rings. The molecule has 1 aromatic heterocycles. The van der Waals surface area contributed by atoms with Gasteiger partial charge >= 0.3 is 0 Å². The molecule has 2 atom stereocenters. The Morgan fingerprint density at radius 3 is 2.90 bits per heavy atom. The van der Waals surface area contributed by atoms with Crippen molar-refractivity contribution in [3.05, 3.63) is 11.9 Å². The van der Waals surface area contributed by atoms with Gasteiger partial charge in [-0.1, -0.05) is 13.8 Å². The van der Waals surface area contributed by atoms with E-state index in [2.05, 4.69) is 24.3 Å². The molecule has 2 heterocycles. The van der Waals surface area contributed by atoms with Crippen LogP contribution >= 0.6 is 0 Å². The van der Waals surface area contributed by atoms with Crippen molar-refractivity contribution < 1.29 is 14.2 Å². The number of nitrogens with zero attached hydrogens (tertiary/aromatic N) is 2. The monoisotopic (exact) mass is 297 g/mol. The van der Waals surface area contributed by atoms with E-state index < -0.39 is 0 Å². The topological polar surface area (TPSA) is 57.5 Å². The minimum Gasteiger partial charge on any atom is -0.493 e. The van der Waals surface area contributed by atoms with E-state index in [0.29, 0.717) is 19.8 Å². The number of nitrogens with one attached hydrogen (secondary N) is 1. The summed E-state index contributed by atoms with van der Waals surface area (Å²) in [5.41, 5.74) is 1.06. The van der Waals surface area contributed by atoms with Crippen LogP contribution in [-0.4, -0.2) is 49.4 Å². The van der Waals surface area contributed by atoms with Crippen LogP contribution in [0.25, 0.3) is 0 Å². The molecule has 1 aliphatic rings. The number of aromatic nitrogens is 2. The van der Waals surface area contributed by atoms with Gasteiger partial charge in [-0.25, -0.2) is 0 Å². The summed E-state index contributed by atoms with van der Waals surface area (Å²) in [4.78, 5) is 0. The van der Waals surface area contributed by atoms with E-state index in [1.54, 1.807) is 13.3 Å². The maximum absolute atomic E-state index is 5.91. The lowest BCUT2D eigenvalue weighted by atomic mass is 10.1. The molecule has 1 N–H and O–H groups in total. The van der Waals surface area contributed by atoms with Gasteiger partial charge in [0.15, 0.2) is 5.75 Å². The molecule has 6 heteroatoms. The van der Waals surface area contributed by atoms with Crippen molar-refractivity contribution in [1.29, 1.82) is 0 Å². The first-order valence-electron chi connectivity index (χ1n) is 7.84. The summed E-state index contributed by atoms with van der Waals surface area (Å²) in [5, 5.41) is 8.03. The van der Waals surface area contributed by atoms with Gasteiger partial charge in [0.1, 0.15) is 11.8 Å². The van der Waals surface area contributed by atoms with Crippen molar-refractivity contribution in [2.75, 3.05) is 33.5 Å². The second-order valence-electron chi connectivity index (χ2n) is 5.24. The molecule has 1 saturated heterocycles. The Hall–Kier alpha value is -1.11. The SMILES string of the molecule is CCCNC(c1c(OC)cnn1CCC)C1COCCO1. The quantitative estimate of drug-likeness (QED) is 0.792. The lowest BCUT2D eigenvalue weighted by molar-refractivity contribution is -0.103. The molecule has 1 aromatic rings. The third-order valence-electron chi connectivity index (χ3n) is 3.62. The molecule has 120 valence electrons. The average molecular weight is 297 g/mol. The summed E-state index contributed by atoms with van der Waals surface area (Å²) in [6.45, 7) is 8.00. The van der Waals surface area contributed by atoms with Gasteiger partial charge < -0.3 is 19.5 Å². The zero-order valence-electron chi connectivity index (χ0n) is 13.3. The van der Waals surface area contributed by atoms with E-state index in [4.69, 9.17) is 14.2 Å². The number of hydrogen-bond donors (Lipinski definition) is 1. The van der Waals surface area contributed by atoms with Crippen LogP contribution < -0.4 is 10.1 Å². The summed E-state index contributed by atoms with van der Waals surface area (Å²) < 4.78 is 19.0. The smallest absolute Gasteiger partial charge is 0.161 e. The molecule has 0 spiro atoms. The Morgan fingerprint density at radius 1 is 1.43 bits per heavy atom. The first-order valence-corrected chi connectivity index (χ1v) is 7.84. The molecule has 0 aliphatic carbocycles. The van der Waals surface area contributed by atoms with Crippen molar-refractivity contribution >= 4 is 0 Å². The molecule has 21 heavy (non-hydrogen) atoms. The zero-order chi connectivity index (χ0) is 15.1. The highest BCUT2D eigenvalue weighted by atomic mass is 16.6. The Balaban J connectivity index is 2.27. The molecule has 2 unspecified atom stereocenters. The van der Waals surface area contributed by atoms with Gasteiger partial charge in [0, 0.05) is 6.54 Å². The van der Waals surface area contributed by atoms with Gasteiger partial charge in [0.05, 0.1) is 39.2 Å². The second-order valence-corrected chi connectivity index (χ2v) is 5.24. The number of rotatable bonds is 8. The van der Waals surface area contributed by atoms with E-state index in [0.717, 1.165) is 37.4 Å². The van der Waals surface area contributed by atoms with Gasteiger partial charge in [-0.3, -0.25) is 4.68 Å². The third kappa shape index (κ3) is 3.96. The Morgan fingerprint density at radius 2 is 2.29 bits per heavy atom. The summed E-state index contributed by atoms with van der Waals surface area (Å²) in [7, 11) is 1.69. The molecular formula is C15H27N3O3. The molecule has 0 amide bonds. The first kappa shape index (κ1) is 16.3. The third-order valence-corrected chi connectivity index (χ3v) is 3.62. The van der Waals surface area contributed by atoms with Crippen molar-refractivity contribution in [3.63, 3.8) is 0 Å². The van der Waals surface area contributed by atoms with Gasteiger partial charge in [0.25, 0.3) is 0 Å². The van der Waals surface area contributed by atoms with Crippen LogP contribution in [0.1, 0.15) is 38.4 Å². The van der Waals surface area contributed by atoms with Crippen LogP contribution in [0.4, 0.5) is 0 Å². The molecular weight excluding hydrogens is 270 g/mol. The van der Waals surface area contributed by atoms with Crippen LogP contribution in [-0.2, 0) is 16.0 Å². The fraction of sp³-hybridized carbons (Fsp3) is 0.800. The number of aryl methyl sites for hydroxylation is 1. The van der Waals surface area contributed by atoms with Crippen LogP contribution in [0.3, 0.4) is 0 Å². The average Bonchev–Trinajstić information content (AvgIpc) is 2.92. The minimum absolute atomic E-state index is 0.00786. The van der Waals surface area contributed by atoms with Crippen LogP contribution in [0, 0.1) is 0 Å². The minimum atomic E-state index is -0.00786. The van der Waals surface area contributed by atoms with Crippen molar-refractivity contribution in [2.24, 2.45) is 0 Å². The lowest BCUT2D eigenvalue weighted by Gasteiger charge is -2.32. The fourth-order valence-corrected chi connectivity index (χ4v) is 2.64. The summed E-state index contributed by atoms with van der Waals surface area (Å²) >= 11 is 0. The maximum atomic E-state index is 5.91. The predicted molar refractivity (Wildman–Crippen MR) is 80.7 cm³/mol. The number of ether oxygens (including phenoxy) is 3. The van der Waals surface area contributed by atoms with E-state index >= 15 is 0 Å². The second kappa shape index (κ2) is 8.36. The van der Waals surface area contributed by atoms with Gasteiger partial charge in [-0.05, 0) is 19.4 Å². The Kier molecular flexibility index (Phi) is 6.48. The number of hydrogen-bond acceptors (Lipinski definition) is 5. The predicted octanol–water partition coefficient (Wildman–Crippen LogP) is 1.76. The largest absolute Gasteiger partial charge is 0.493 e. The standard InChI is InChI=1S/C15H27N3O3/c1-4-6-16-14(13-11-20-8-9-21-13)15-12(19-3)10-17-18(15)7-5-2/h10,13-14,16H,4-9,11H2,1-3H3. The molecule has 1 aliphatic heterocycles. The van der Waals surface area contributed by atoms with E-state index in [-0.39, 0.29) is 12.1 Å². The van der Waals surface area contributed by atoms with Gasteiger partial charge in [0.2, 0.25) is 0 Å². The van der Waals surface area contributed by atoms with Gasteiger partial charge in [-0.2, -0.15) is 5.10 Å². The fourth-order valence-electron chi connectivity index (χ4n) is 2.64. The number of methoxy groups -OCH3 is 1. The summed E-state index contributed by atoms with van der Waals surface area (Å²) in [5.74, 6) is 0.811. The zero-order valence-corrected chi connectivity index (χ0v) is 13.3. The molecule has 0 radical (unpaired) electrons. The Bertz CT molecular complexity index is 416. The maximum Gasteiger partial charge on any atom is 0.161 e. The molecule has 0 aromatic carbocycles. The van der Waals surface area contributed by atoms with Crippen molar-refractivity contribution in [3.8, 4) is 5.75 Å². The van der Waals surface area contributed by atoms with Crippen LogP contribution in [0.15, 0.2) is 6.20 Å². The van der Waals surface area contributed by atoms with Crippen LogP contribution in [0.2, 0.25) is 0 Å². The first-order chi connectivity index (χ1) is 10.3. The van der Waals surface area contributed by atoms with Crippen molar-refractivity contribution in [1.82, 2.24) is 15.1 Å². The van der Waals surface area contributed by atoms with Crippen LogP contribution in [0.5, 0.6) is 5.75 Å². The lowest BCUT2D eigenvalue weighted by Crippen LogP contribution is -2.42. The van der Waals surface area contributed by atoms with Gasteiger partial charge in [-0.15, -0.1) is 0 Å². The molecule has 0 bridgehead atoms. The normalized spacial score (nSPS) is 20.4. The molecule has 6 nitrogen and oxygen atoms in total. The van der Waals surface area contributed by atoms with E-state index in [1.165, 1.54) is 0 Å². The highest BCUT2D eigenvalue weighted by molar-refractivity contribution is 5.29. The molecule has 0 saturated carbocycles. The highest BCUT2D eigenvalue weighted by Crippen LogP contribution is 2.30. The van der Waals surface area contributed by atoms with E-state index in [9.17, 15) is 0 Å². The Labute approximate surface area is 126 Å². The molecule has 2 rings (SSSR count). The summed E-state index contributed by atoms with van der Waals surface area (Å²) in [6, 6.07) is 0.0363. The summed E-state index contributed by atoms with van der Waals surface area (Å²) in [6.07, 6.45) is 3.87. The highest BCUT2D eigenvalue weighted by Gasteiger charge is 2.31.